The van der Waals surface area contributed by atoms with Gasteiger partial charge in [-0.25, -0.2) is 9.59 Å². The molecule has 2 heterocycles. The molecule has 1 atom stereocenters. The van der Waals surface area contributed by atoms with E-state index in [1.54, 1.807) is 24.3 Å². The molecule has 2 aliphatic heterocycles. The van der Waals surface area contributed by atoms with Crippen LogP contribution in [0.25, 0.3) is 10.8 Å². The van der Waals surface area contributed by atoms with E-state index in [2.05, 4.69) is 0 Å². The average Bonchev–Trinajstić information content (AvgIpc) is 2.84. The number of fused-ring (bicyclic) bond motifs is 3. The van der Waals surface area contributed by atoms with Crippen molar-refractivity contribution in [2.45, 2.75) is 6.29 Å². The highest BCUT2D eigenvalue weighted by Gasteiger charge is 2.32. The number of aliphatic hydroxyl groups is 1. The van der Waals surface area contributed by atoms with Gasteiger partial charge in [0.05, 0.1) is 16.7 Å². The summed E-state index contributed by atoms with van der Waals surface area (Å²) >= 11 is 0. The van der Waals surface area contributed by atoms with E-state index in [0.29, 0.717) is 27.5 Å². The quantitative estimate of drug-likeness (QED) is 0.706. The van der Waals surface area contributed by atoms with E-state index in [1.165, 1.54) is 0 Å². The van der Waals surface area contributed by atoms with Gasteiger partial charge < -0.3 is 14.6 Å². The van der Waals surface area contributed by atoms with Crippen molar-refractivity contribution in [1.29, 1.82) is 5.41 Å². The van der Waals surface area contributed by atoms with Crippen LogP contribution in [0, 0.1) is 5.41 Å². The molecule has 6 nitrogen and oxygen atoms in total. The number of hydrogen-bond donors (Lipinski definition) is 2. The first kappa shape index (κ1) is 11.1. The first-order valence-corrected chi connectivity index (χ1v) is 5.86. The molecule has 0 spiro atoms. The van der Waals surface area contributed by atoms with Crippen molar-refractivity contribution in [3.05, 3.63) is 46.5 Å². The Hall–Kier alpha value is -2.73. The standard InChI is InChI=1S/C14H7NO5/c15-11-7-1-5-3-9-10(14(18)20-13(9)17)4-6(5)2-8(7)12(16)19-11/h1-4,13,15,17H. The van der Waals surface area contributed by atoms with Gasteiger partial charge in [-0.1, -0.05) is 0 Å². The summed E-state index contributed by atoms with van der Waals surface area (Å²) in [4.78, 5) is 23.1. The third-order valence-corrected chi connectivity index (χ3v) is 3.51. The number of esters is 2. The fraction of sp³-hybridized carbons (Fsp3) is 0.0714. The zero-order valence-corrected chi connectivity index (χ0v) is 9.97. The Balaban J connectivity index is 2.05. The molecular formula is C14H7NO5. The first-order valence-electron chi connectivity index (χ1n) is 5.86. The first-order chi connectivity index (χ1) is 9.54. The predicted octanol–water partition coefficient (Wildman–Crippen LogP) is 1.50. The van der Waals surface area contributed by atoms with Gasteiger partial charge in [-0.15, -0.1) is 0 Å². The molecule has 2 N–H and O–H groups in total. The molecule has 6 heteroatoms. The van der Waals surface area contributed by atoms with Crippen LogP contribution in [0.4, 0.5) is 0 Å². The lowest BCUT2D eigenvalue weighted by Gasteiger charge is -2.04. The molecular weight excluding hydrogens is 262 g/mol. The number of hydrogen-bond acceptors (Lipinski definition) is 6. The molecule has 1 unspecified atom stereocenters. The summed E-state index contributed by atoms with van der Waals surface area (Å²) in [6.07, 6.45) is -1.27. The molecule has 20 heavy (non-hydrogen) atoms. The number of nitrogens with one attached hydrogen (secondary N) is 1. The third kappa shape index (κ3) is 1.28. The topological polar surface area (TPSA) is 96.7 Å². The lowest BCUT2D eigenvalue weighted by Crippen LogP contribution is -1.97. The zero-order valence-electron chi connectivity index (χ0n) is 9.97. The molecule has 0 aliphatic carbocycles. The van der Waals surface area contributed by atoms with E-state index in [0.717, 1.165) is 0 Å². The Morgan fingerprint density at radius 1 is 0.950 bits per heavy atom. The highest BCUT2D eigenvalue weighted by molar-refractivity contribution is 6.18. The van der Waals surface area contributed by atoms with E-state index >= 15 is 0 Å². The van der Waals surface area contributed by atoms with Gasteiger partial charge in [0.15, 0.2) is 0 Å². The number of carbonyl (C=O) groups is 2. The molecule has 0 amide bonds. The number of carbonyl (C=O) groups excluding carboxylic acids is 2. The van der Waals surface area contributed by atoms with Crippen LogP contribution in [0.2, 0.25) is 0 Å². The maximum absolute atomic E-state index is 11.6. The third-order valence-electron chi connectivity index (χ3n) is 3.51. The summed E-state index contributed by atoms with van der Waals surface area (Å²) in [5.41, 5.74) is 1.38. The molecule has 98 valence electrons. The fourth-order valence-corrected chi connectivity index (χ4v) is 2.54. The minimum absolute atomic E-state index is 0.194. The summed E-state index contributed by atoms with van der Waals surface area (Å²) < 4.78 is 9.48. The van der Waals surface area contributed by atoms with Crippen molar-refractivity contribution in [3.63, 3.8) is 0 Å². The van der Waals surface area contributed by atoms with Crippen LogP contribution in [0.5, 0.6) is 0 Å². The SMILES string of the molecule is N=C1OC(=O)c2cc3cc4c(cc3cc21)C(O)OC4=O. The van der Waals surface area contributed by atoms with Crippen LogP contribution in [-0.4, -0.2) is 22.9 Å². The van der Waals surface area contributed by atoms with E-state index in [1.807, 2.05) is 0 Å². The summed E-state index contributed by atoms with van der Waals surface area (Å²) in [6.45, 7) is 0. The molecule has 0 aromatic heterocycles. The second kappa shape index (κ2) is 3.43. The van der Waals surface area contributed by atoms with Crippen molar-refractivity contribution < 1.29 is 24.2 Å². The molecule has 2 aromatic carbocycles. The minimum atomic E-state index is -1.27. The fourth-order valence-electron chi connectivity index (χ4n) is 2.54. The number of aliphatic hydroxyl groups excluding tert-OH is 1. The Morgan fingerprint density at radius 3 is 2.40 bits per heavy atom. The summed E-state index contributed by atoms with van der Waals surface area (Å²) in [5.74, 6) is -1.36. The van der Waals surface area contributed by atoms with Gasteiger partial charge in [0.2, 0.25) is 12.2 Å². The van der Waals surface area contributed by atoms with Crippen molar-refractivity contribution in [3.8, 4) is 0 Å². The maximum Gasteiger partial charge on any atom is 0.345 e. The predicted molar refractivity (Wildman–Crippen MR) is 66.6 cm³/mol. The molecule has 0 saturated heterocycles. The number of rotatable bonds is 0. The number of benzene rings is 2. The molecule has 0 fully saturated rings. The van der Waals surface area contributed by atoms with Crippen LogP contribution in [-0.2, 0) is 9.47 Å². The van der Waals surface area contributed by atoms with Gasteiger partial charge in [-0.2, -0.15) is 0 Å². The summed E-state index contributed by atoms with van der Waals surface area (Å²) in [7, 11) is 0. The van der Waals surface area contributed by atoms with Crippen molar-refractivity contribution in [2.75, 3.05) is 0 Å². The van der Waals surface area contributed by atoms with Gasteiger partial charge in [-0.05, 0) is 35.0 Å². The van der Waals surface area contributed by atoms with Gasteiger partial charge in [0.1, 0.15) is 0 Å². The van der Waals surface area contributed by atoms with Gasteiger partial charge in [-0.3, -0.25) is 5.41 Å². The van der Waals surface area contributed by atoms with Crippen LogP contribution < -0.4 is 0 Å². The largest absolute Gasteiger partial charge is 0.428 e. The minimum Gasteiger partial charge on any atom is -0.428 e. The second-order valence-electron chi connectivity index (χ2n) is 4.66. The molecule has 0 bridgehead atoms. The highest BCUT2D eigenvalue weighted by atomic mass is 16.6. The maximum atomic E-state index is 11.6. The summed E-state index contributed by atoms with van der Waals surface area (Å²) in [6, 6.07) is 6.40. The van der Waals surface area contributed by atoms with E-state index < -0.39 is 18.2 Å². The Kier molecular flexibility index (Phi) is 1.91. The van der Waals surface area contributed by atoms with Crippen LogP contribution in [0.15, 0.2) is 24.3 Å². The van der Waals surface area contributed by atoms with E-state index in [9.17, 15) is 14.7 Å². The average molecular weight is 269 g/mol. The Morgan fingerprint density at radius 2 is 1.60 bits per heavy atom. The molecule has 0 saturated carbocycles. The van der Waals surface area contributed by atoms with Crippen LogP contribution in [0.3, 0.4) is 0 Å². The Bertz CT molecular complexity index is 839. The Labute approximate surface area is 112 Å². The molecule has 2 aromatic rings. The smallest absolute Gasteiger partial charge is 0.345 e. The van der Waals surface area contributed by atoms with Gasteiger partial charge in [0, 0.05) is 5.56 Å². The monoisotopic (exact) mass is 269 g/mol. The van der Waals surface area contributed by atoms with Crippen molar-refractivity contribution in [2.24, 2.45) is 0 Å². The molecule has 2 aliphatic rings. The van der Waals surface area contributed by atoms with Gasteiger partial charge >= 0.3 is 11.9 Å². The lowest BCUT2D eigenvalue weighted by molar-refractivity contribution is -0.0547. The second-order valence-corrected chi connectivity index (χ2v) is 4.66. The van der Waals surface area contributed by atoms with E-state index in [-0.39, 0.29) is 11.5 Å². The van der Waals surface area contributed by atoms with Crippen LogP contribution >= 0.6 is 0 Å². The summed E-state index contributed by atoms with van der Waals surface area (Å²) in [5, 5.41) is 18.6. The zero-order chi connectivity index (χ0) is 14.0. The normalized spacial score (nSPS) is 19.9. The van der Waals surface area contributed by atoms with Gasteiger partial charge in [0.25, 0.3) is 0 Å². The lowest BCUT2D eigenvalue weighted by atomic mass is 9.97. The number of cyclic esters (lactones) is 2. The molecule has 0 radical (unpaired) electrons. The van der Waals surface area contributed by atoms with Crippen LogP contribution in [0.1, 0.15) is 38.1 Å². The molecule has 4 rings (SSSR count). The highest BCUT2D eigenvalue weighted by Crippen LogP contribution is 2.34. The van der Waals surface area contributed by atoms with Crippen molar-refractivity contribution >= 4 is 28.6 Å². The van der Waals surface area contributed by atoms with E-state index in [4.69, 9.17) is 14.9 Å². The number of ether oxygens (including phenoxy) is 2. The van der Waals surface area contributed by atoms with Crippen molar-refractivity contribution in [1.82, 2.24) is 0 Å².